The first-order valence-corrected chi connectivity index (χ1v) is 7.07. The minimum atomic E-state index is -1.26. The second-order valence-electron chi connectivity index (χ2n) is 4.31. The van der Waals surface area contributed by atoms with E-state index in [1.165, 1.54) is 14.2 Å². The molecule has 0 spiro atoms. The van der Waals surface area contributed by atoms with Crippen LogP contribution in [0.4, 0.5) is 4.79 Å². The molecule has 0 aliphatic carbocycles. The molecule has 1 aromatic rings. The highest BCUT2D eigenvalue weighted by molar-refractivity contribution is 6.18. The summed E-state index contributed by atoms with van der Waals surface area (Å²) in [5.74, 6) is 0.0832. The third-order valence-electron chi connectivity index (χ3n) is 2.89. The molecule has 0 bridgehead atoms. The van der Waals surface area contributed by atoms with Crippen LogP contribution in [0, 0.1) is 0 Å². The molecule has 7 nitrogen and oxygen atoms in total. The van der Waals surface area contributed by atoms with Crippen LogP contribution in [-0.2, 0) is 9.53 Å². The van der Waals surface area contributed by atoms with Crippen LogP contribution in [0.15, 0.2) is 24.3 Å². The number of carbonyl (C=O) groups is 2. The topological polar surface area (TPSA) is 96.9 Å². The molecule has 0 saturated carbocycles. The highest BCUT2D eigenvalue weighted by atomic mass is 35.5. The molecule has 122 valence electrons. The average molecular weight is 331 g/mol. The van der Waals surface area contributed by atoms with Gasteiger partial charge in [0.15, 0.2) is 6.04 Å². The van der Waals surface area contributed by atoms with Crippen molar-refractivity contribution in [1.82, 2.24) is 10.6 Å². The van der Waals surface area contributed by atoms with Gasteiger partial charge in [-0.05, 0) is 17.7 Å². The van der Waals surface area contributed by atoms with Crippen LogP contribution < -0.4 is 15.4 Å². The lowest BCUT2D eigenvalue weighted by Gasteiger charge is -2.22. The third kappa shape index (κ3) is 5.09. The predicted octanol–water partition coefficient (Wildman–Crippen LogP) is 0.808. The minimum absolute atomic E-state index is 0.233. The fraction of sp³-hybridized carbons (Fsp3) is 0.429. The fourth-order valence-electron chi connectivity index (χ4n) is 1.74. The van der Waals surface area contributed by atoms with Crippen LogP contribution in [-0.4, -0.2) is 49.8 Å². The Morgan fingerprint density at radius 3 is 2.41 bits per heavy atom. The summed E-state index contributed by atoms with van der Waals surface area (Å²) in [5.41, 5.74) is 0.439. The Morgan fingerprint density at radius 1 is 1.27 bits per heavy atom. The van der Waals surface area contributed by atoms with E-state index >= 15 is 0 Å². The Hall–Kier alpha value is -1.99. The Kier molecular flexibility index (Phi) is 7.48. The molecule has 2 atom stereocenters. The van der Waals surface area contributed by atoms with Gasteiger partial charge in [-0.25, -0.2) is 9.59 Å². The molecule has 1 rings (SSSR count). The quantitative estimate of drug-likeness (QED) is 0.508. The van der Waals surface area contributed by atoms with Gasteiger partial charge in [0.25, 0.3) is 0 Å². The van der Waals surface area contributed by atoms with Gasteiger partial charge in [0.05, 0.1) is 14.2 Å². The van der Waals surface area contributed by atoms with Crippen molar-refractivity contribution in [2.45, 2.75) is 12.1 Å². The van der Waals surface area contributed by atoms with E-state index in [-0.39, 0.29) is 12.4 Å². The molecule has 2 unspecified atom stereocenters. The predicted molar refractivity (Wildman–Crippen MR) is 81.0 cm³/mol. The number of amides is 2. The maximum absolute atomic E-state index is 11.8. The SMILES string of the molecule is COC(=O)C(NC(=O)NCCCl)C(O)c1ccc(OC)cc1. The van der Waals surface area contributed by atoms with Crippen molar-refractivity contribution in [3.63, 3.8) is 0 Å². The zero-order chi connectivity index (χ0) is 16.5. The summed E-state index contributed by atoms with van der Waals surface area (Å²) in [6.07, 6.45) is -1.26. The number of benzene rings is 1. The molecule has 2 amide bonds. The largest absolute Gasteiger partial charge is 0.497 e. The number of urea groups is 1. The van der Waals surface area contributed by atoms with Crippen molar-refractivity contribution in [1.29, 1.82) is 0 Å². The number of esters is 1. The van der Waals surface area contributed by atoms with E-state index in [0.717, 1.165) is 0 Å². The van der Waals surface area contributed by atoms with Crippen LogP contribution in [0.5, 0.6) is 5.75 Å². The van der Waals surface area contributed by atoms with Gasteiger partial charge >= 0.3 is 12.0 Å². The van der Waals surface area contributed by atoms with E-state index < -0.39 is 24.1 Å². The first-order valence-electron chi connectivity index (χ1n) is 6.53. The molecule has 0 aliphatic rings. The molecule has 0 aliphatic heterocycles. The summed E-state index contributed by atoms with van der Waals surface area (Å²) in [7, 11) is 2.69. The molecule has 0 radical (unpaired) electrons. The molecule has 0 aromatic heterocycles. The van der Waals surface area contributed by atoms with E-state index in [0.29, 0.717) is 11.3 Å². The monoisotopic (exact) mass is 330 g/mol. The number of rotatable bonds is 7. The lowest BCUT2D eigenvalue weighted by Crippen LogP contribution is -2.49. The molecule has 1 aromatic carbocycles. The van der Waals surface area contributed by atoms with Crippen molar-refractivity contribution >= 4 is 23.6 Å². The standard InChI is InChI=1S/C14H19ClN2O5/c1-21-10-5-3-9(4-6-10)12(18)11(13(19)22-2)17-14(20)16-8-7-15/h3-6,11-12,18H,7-8H2,1-2H3,(H2,16,17,20). The maximum atomic E-state index is 11.8. The number of hydrogen-bond acceptors (Lipinski definition) is 5. The second-order valence-corrected chi connectivity index (χ2v) is 4.69. The van der Waals surface area contributed by atoms with Crippen LogP contribution in [0.3, 0.4) is 0 Å². The number of nitrogens with one attached hydrogen (secondary N) is 2. The zero-order valence-electron chi connectivity index (χ0n) is 12.3. The van der Waals surface area contributed by atoms with E-state index in [2.05, 4.69) is 15.4 Å². The van der Waals surface area contributed by atoms with E-state index in [4.69, 9.17) is 16.3 Å². The van der Waals surface area contributed by atoms with Crippen molar-refractivity contribution in [3.8, 4) is 5.75 Å². The Morgan fingerprint density at radius 2 is 1.91 bits per heavy atom. The van der Waals surface area contributed by atoms with Gasteiger partial charge < -0.3 is 25.2 Å². The Balaban J connectivity index is 2.85. The molecule has 0 fully saturated rings. The highest BCUT2D eigenvalue weighted by Crippen LogP contribution is 2.21. The van der Waals surface area contributed by atoms with Gasteiger partial charge in [0, 0.05) is 12.4 Å². The molecule has 0 saturated heterocycles. The third-order valence-corrected chi connectivity index (χ3v) is 3.08. The van der Waals surface area contributed by atoms with Crippen molar-refractivity contribution in [2.75, 3.05) is 26.6 Å². The van der Waals surface area contributed by atoms with E-state index in [9.17, 15) is 14.7 Å². The van der Waals surface area contributed by atoms with Crippen LogP contribution in [0.25, 0.3) is 0 Å². The number of methoxy groups -OCH3 is 2. The molecule has 22 heavy (non-hydrogen) atoms. The summed E-state index contributed by atoms with van der Waals surface area (Å²) in [5, 5.41) is 15.1. The average Bonchev–Trinajstić information content (AvgIpc) is 2.56. The van der Waals surface area contributed by atoms with Gasteiger partial charge in [-0.15, -0.1) is 11.6 Å². The smallest absolute Gasteiger partial charge is 0.331 e. The van der Waals surface area contributed by atoms with Crippen LogP contribution in [0.1, 0.15) is 11.7 Å². The maximum Gasteiger partial charge on any atom is 0.331 e. The molecule has 3 N–H and O–H groups in total. The first-order chi connectivity index (χ1) is 10.5. The van der Waals surface area contributed by atoms with E-state index in [1.807, 2.05) is 0 Å². The number of aliphatic hydroxyl groups is 1. The summed E-state index contributed by atoms with van der Waals surface area (Å²) < 4.78 is 9.63. The zero-order valence-corrected chi connectivity index (χ0v) is 13.1. The number of ether oxygens (including phenoxy) is 2. The van der Waals surface area contributed by atoms with Crippen LogP contribution >= 0.6 is 11.6 Å². The first kappa shape index (κ1) is 18.1. The lowest BCUT2D eigenvalue weighted by molar-refractivity contribution is -0.145. The number of aliphatic hydroxyl groups excluding tert-OH is 1. The molecule has 8 heteroatoms. The van der Waals surface area contributed by atoms with Gasteiger partial charge in [0.1, 0.15) is 11.9 Å². The fourth-order valence-corrected chi connectivity index (χ4v) is 1.83. The lowest BCUT2D eigenvalue weighted by atomic mass is 10.0. The van der Waals surface area contributed by atoms with Gasteiger partial charge in [0.2, 0.25) is 0 Å². The molecular formula is C14H19ClN2O5. The number of hydrogen-bond donors (Lipinski definition) is 3. The Bertz CT molecular complexity index is 495. The number of carbonyl (C=O) groups excluding carboxylic acids is 2. The van der Waals surface area contributed by atoms with Gasteiger partial charge in [-0.3, -0.25) is 0 Å². The normalized spacial score (nSPS) is 12.9. The van der Waals surface area contributed by atoms with Crippen molar-refractivity contribution < 1.29 is 24.2 Å². The van der Waals surface area contributed by atoms with Crippen LogP contribution in [0.2, 0.25) is 0 Å². The van der Waals surface area contributed by atoms with Gasteiger partial charge in [-0.1, -0.05) is 12.1 Å². The number of alkyl halides is 1. The molecular weight excluding hydrogens is 312 g/mol. The Labute approximate surface area is 133 Å². The van der Waals surface area contributed by atoms with Crippen molar-refractivity contribution in [3.05, 3.63) is 29.8 Å². The molecule has 0 heterocycles. The number of halogens is 1. The summed E-state index contributed by atoms with van der Waals surface area (Å²) in [6.45, 7) is 0.236. The van der Waals surface area contributed by atoms with Crippen molar-refractivity contribution in [2.24, 2.45) is 0 Å². The second kappa shape index (κ2) is 9.11. The van der Waals surface area contributed by atoms with Gasteiger partial charge in [-0.2, -0.15) is 0 Å². The summed E-state index contributed by atoms with van der Waals surface area (Å²) >= 11 is 5.46. The summed E-state index contributed by atoms with van der Waals surface area (Å²) in [6, 6.07) is 4.61. The highest BCUT2D eigenvalue weighted by Gasteiger charge is 2.30. The summed E-state index contributed by atoms with van der Waals surface area (Å²) in [4.78, 5) is 23.4. The van der Waals surface area contributed by atoms with E-state index in [1.54, 1.807) is 24.3 Å². The minimum Gasteiger partial charge on any atom is -0.497 e.